The van der Waals surface area contributed by atoms with Gasteiger partial charge in [0.1, 0.15) is 0 Å². The van der Waals surface area contributed by atoms with Crippen molar-refractivity contribution in [3.05, 3.63) is 21.3 Å². The first-order chi connectivity index (χ1) is 7.47. The Balaban J connectivity index is 2.00. The standard InChI is InChI=1S/C13H22ClNS/c1-13(2,3)15-10-6-4-5-7-11-8-9-12(14)16-11/h8-9,15H,4-7,10H2,1-3H3. The van der Waals surface area contributed by atoms with Gasteiger partial charge in [0, 0.05) is 10.4 Å². The molecule has 0 saturated carbocycles. The molecule has 0 atom stereocenters. The lowest BCUT2D eigenvalue weighted by Crippen LogP contribution is -2.36. The molecular formula is C13H22ClNS. The van der Waals surface area contributed by atoms with Gasteiger partial charge in [-0.3, -0.25) is 0 Å². The van der Waals surface area contributed by atoms with Gasteiger partial charge in [0.25, 0.3) is 0 Å². The summed E-state index contributed by atoms with van der Waals surface area (Å²) in [5.41, 5.74) is 0.251. The third-order valence-electron chi connectivity index (χ3n) is 2.38. The van der Waals surface area contributed by atoms with Crippen molar-refractivity contribution in [1.29, 1.82) is 0 Å². The van der Waals surface area contributed by atoms with Crippen molar-refractivity contribution in [1.82, 2.24) is 5.32 Å². The first-order valence-electron chi connectivity index (χ1n) is 5.97. The normalized spacial score (nSPS) is 12.0. The highest BCUT2D eigenvalue weighted by molar-refractivity contribution is 7.16. The minimum atomic E-state index is 0.251. The Bertz CT molecular complexity index is 301. The van der Waals surface area contributed by atoms with Crippen molar-refractivity contribution in [2.45, 2.75) is 52.0 Å². The maximum Gasteiger partial charge on any atom is 0.0931 e. The maximum atomic E-state index is 5.88. The molecule has 0 fully saturated rings. The lowest BCUT2D eigenvalue weighted by Gasteiger charge is -2.20. The Hall–Kier alpha value is -0.0500. The Morgan fingerprint density at radius 2 is 1.94 bits per heavy atom. The van der Waals surface area contributed by atoms with Gasteiger partial charge in [-0.15, -0.1) is 11.3 Å². The molecule has 0 bridgehead atoms. The molecule has 0 radical (unpaired) electrons. The zero-order valence-corrected chi connectivity index (χ0v) is 12.0. The summed E-state index contributed by atoms with van der Waals surface area (Å²) in [4.78, 5) is 1.41. The van der Waals surface area contributed by atoms with Crippen LogP contribution in [0.15, 0.2) is 12.1 Å². The van der Waals surface area contributed by atoms with Crippen molar-refractivity contribution in [2.24, 2.45) is 0 Å². The molecule has 0 saturated heterocycles. The van der Waals surface area contributed by atoms with Gasteiger partial charge in [0.15, 0.2) is 0 Å². The summed E-state index contributed by atoms with van der Waals surface area (Å²) in [6, 6.07) is 4.13. The minimum absolute atomic E-state index is 0.251. The molecule has 0 aliphatic heterocycles. The van der Waals surface area contributed by atoms with Crippen LogP contribution in [0.2, 0.25) is 4.34 Å². The van der Waals surface area contributed by atoms with E-state index < -0.39 is 0 Å². The van der Waals surface area contributed by atoms with E-state index in [0.29, 0.717) is 0 Å². The largest absolute Gasteiger partial charge is 0.312 e. The van der Waals surface area contributed by atoms with Gasteiger partial charge in [-0.1, -0.05) is 18.0 Å². The molecule has 0 aromatic carbocycles. The van der Waals surface area contributed by atoms with Crippen LogP contribution < -0.4 is 5.32 Å². The first kappa shape index (κ1) is 14.0. The third-order valence-corrected chi connectivity index (χ3v) is 3.68. The monoisotopic (exact) mass is 259 g/mol. The second-order valence-electron chi connectivity index (χ2n) is 5.19. The van der Waals surface area contributed by atoms with E-state index in [1.165, 1.54) is 30.6 Å². The van der Waals surface area contributed by atoms with Crippen LogP contribution in [0.25, 0.3) is 0 Å². The van der Waals surface area contributed by atoms with Gasteiger partial charge in [-0.2, -0.15) is 0 Å². The zero-order chi connectivity index (χ0) is 12.0. The summed E-state index contributed by atoms with van der Waals surface area (Å²) < 4.78 is 0.907. The molecule has 0 aliphatic rings. The van der Waals surface area contributed by atoms with Crippen LogP contribution in [-0.4, -0.2) is 12.1 Å². The molecule has 0 aliphatic carbocycles. The summed E-state index contributed by atoms with van der Waals surface area (Å²) >= 11 is 7.59. The SMILES string of the molecule is CC(C)(C)NCCCCCc1ccc(Cl)s1. The van der Waals surface area contributed by atoms with Crippen LogP contribution in [-0.2, 0) is 6.42 Å². The average molecular weight is 260 g/mol. The van der Waals surface area contributed by atoms with Crippen LogP contribution in [0, 0.1) is 0 Å². The number of rotatable bonds is 6. The van der Waals surface area contributed by atoms with Crippen molar-refractivity contribution in [3.63, 3.8) is 0 Å². The Morgan fingerprint density at radius 1 is 1.19 bits per heavy atom. The Morgan fingerprint density at radius 3 is 2.50 bits per heavy atom. The van der Waals surface area contributed by atoms with E-state index in [4.69, 9.17) is 11.6 Å². The summed E-state index contributed by atoms with van der Waals surface area (Å²) in [6.45, 7) is 7.75. The topological polar surface area (TPSA) is 12.0 Å². The number of hydrogen-bond donors (Lipinski definition) is 1. The molecule has 92 valence electrons. The van der Waals surface area contributed by atoms with E-state index >= 15 is 0 Å². The van der Waals surface area contributed by atoms with E-state index in [0.717, 1.165) is 10.9 Å². The van der Waals surface area contributed by atoms with E-state index in [2.05, 4.69) is 32.2 Å². The highest BCUT2D eigenvalue weighted by Crippen LogP contribution is 2.22. The summed E-state index contributed by atoms with van der Waals surface area (Å²) in [5.74, 6) is 0. The minimum Gasteiger partial charge on any atom is -0.312 e. The first-order valence-corrected chi connectivity index (χ1v) is 7.16. The number of hydrogen-bond acceptors (Lipinski definition) is 2. The van der Waals surface area contributed by atoms with E-state index in [1.54, 1.807) is 11.3 Å². The number of halogens is 1. The predicted molar refractivity (Wildman–Crippen MR) is 74.6 cm³/mol. The molecule has 16 heavy (non-hydrogen) atoms. The maximum absolute atomic E-state index is 5.88. The van der Waals surface area contributed by atoms with Crippen molar-refractivity contribution in [3.8, 4) is 0 Å². The number of thiophene rings is 1. The van der Waals surface area contributed by atoms with Crippen molar-refractivity contribution < 1.29 is 0 Å². The summed E-state index contributed by atoms with van der Waals surface area (Å²) in [7, 11) is 0. The predicted octanol–water partition coefficient (Wildman–Crippen LogP) is 4.50. The van der Waals surface area contributed by atoms with Crippen LogP contribution in [0.1, 0.15) is 44.9 Å². The molecule has 3 heteroatoms. The van der Waals surface area contributed by atoms with Crippen LogP contribution in [0.5, 0.6) is 0 Å². The number of unbranched alkanes of at least 4 members (excludes halogenated alkanes) is 2. The van der Waals surface area contributed by atoms with E-state index in [1.807, 2.05) is 6.07 Å². The van der Waals surface area contributed by atoms with Crippen LogP contribution in [0.3, 0.4) is 0 Å². The molecule has 1 aromatic heterocycles. The van der Waals surface area contributed by atoms with Crippen LogP contribution in [0.4, 0.5) is 0 Å². The Labute approximate surface area is 108 Å². The van der Waals surface area contributed by atoms with Gasteiger partial charge in [0.2, 0.25) is 0 Å². The summed E-state index contributed by atoms with van der Waals surface area (Å²) in [5, 5.41) is 3.51. The fraction of sp³-hybridized carbons (Fsp3) is 0.692. The highest BCUT2D eigenvalue weighted by Gasteiger charge is 2.06. The average Bonchev–Trinajstić information content (AvgIpc) is 2.56. The highest BCUT2D eigenvalue weighted by atomic mass is 35.5. The molecule has 1 aromatic rings. The molecule has 1 nitrogen and oxygen atoms in total. The second kappa shape index (κ2) is 6.63. The fourth-order valence-corrected chi connectivity index (χ4v) is 2.68. The third kappa shape index (κ3) is 6.51. The quantitative estimate of drug-likeness (QED) is 0.742. The lowest BCUT2D eigenvalue weighted by molar-refractivity contribution is 0.417. The molecule has 1 heterocycles. The zero-order valence-electron chi connectivity index (χ0n) is 10.5. The van der Waals surface area contributed by atoms with E-state index in [-0.39, 0.29) is 5.54 Å². The van der Waals surface area contributed by atoms with Gasteiger partial charge in [0.05, 0.1) is 4.34 Å². The van der Waals surface area contributed by atoms with Gasteiger partial charge in [-0.05, 0) is 58.7 Å². The molecule has 0 unspecified atom stereocenters. The van der Waals surface area contributed by atoms with Gasteiger partial charge in [-0.25, -0.2) is 0 Å². The lowest BCUT2D eigenvalue weighted by atomic mass is 10.1. The second-order valence-corrected chi connectivity index (χ2v) is 6.99. The summed E-state index contributed by atoms with van der Waals surface area (Å²) in [6.07, 6.45) is 4.99. The van der Waals surface area contributed by atoms with Gasteiger partial charge >= 0.3 is 0 Å². The van der Waals surface area contributed by atoms with Crippen LogP contribution >= 0.6 is 22.9 Å². The smallest absolute Gasteiger partial charge is 0.0931 e. The molecule has 0 spiro atoms. The molecule has 1 N–H and O–H groups in total. The number of aryl methyl sites for hydroxylation is 1. The number of nitrogens with one attached hydrogen (secondary N) is 1. The molecular weight excluding hydrogens is 238 g/mol. The van der Waals surface area contributed by atoms with Crippen molar-refractivity contribution in [2.75, 3.05) is 6.54 Å². The van der Waals surface area contributed by atoms with E-state index in [9.17, 15) is 0 Å². The fourth-order valence-electron chi connectivity index (χ4n) is 1.55. The van der Waals surface area contributed by atoms with Crippen molar-refractivity contribution >= 4 is 22.9 Å². The molecule has 1 rings (SSSR count). The molecule has 0 amide bonds. The Kier molecular flexibility index (Phi) is 5.81. The van der Waals surface area contributed by atoms with Gasteiger partial charge < -0.3 is 5.32 Å².